The van der Waals surface area contributed by atoms with Gasteiger partial charge < -0.3 is 0 Å². The molecule has 7 heteroatoms. The van der Waals surface area contributed by atoms with E-state index in [9.17, 15) is 8.42 Å². The number of hydrogen-bond acceptors (Lipinski definition) is 6. The predicted octanol–water partition coefficient (Wildman–Crippen LogP) is 7.83. The van der Waals surface area contributed by atoms with Crippen LogP contribution in [0.1, 0.15) is 37.5 Å². The van der Waals surface area contributed by atoms with E-state index in [0.29, 0.717) is 0 Å². The van der Waals surface area contributed by atoms with Crippen molar-refractivity contribution in [2.24, 2.45) is 5.41 Å². The van der Waals surface area contributed by atoms with Crippen LogP contribution in [0.2, 0.25) is 0 Å². The highest BCUT2D eigenvalue weighted by molar-refractivity contribution is 8.33. The topological polar surface area (TPSA) is 43.4 Å². The average Bonchev–Trinajstić information content (AvgIpc) is 2.85. The highest BCUT2D eigenvalue weighted by Crippen LogP contribution is 2.51. The molecule has 3 nitrogen and oxygen atoms in total. The Hall–Kier alpha value is -1.38. The predicted molar refractivity (Wildman–Crippen MR) is 155 cm³/mol. The van der Waals surface area contributed by atoms with E-state index in [1.165, 1.54) is 16.7 Å². The molecule has 0 spiro atoms. The Morgan fingerprint density at radius 1 is 0.629 bits per heavy atom. The lowest BCUT2D eigenvalue weighted by molar-refractivity contribution is 0.203. The zero-order valence-electron chi connectivity index (χ0n) is 20.6. The quantitative estimate of drug-likeness (QED) is 0.161. The zero-order chi connectivity index (χ0) is 25.2. The summed E-state index contributed by atoms with van der Waals surface area (Å²) in [4.78, 5) is 0. The second-order valence-electron chi connectivity index (χ2n) is 9.53. The van der Waals surface area contributed by atoms with Gasteiger partial charge in [0.25, 0.3) is 10.1 Å². The molecule has 0 aliphatic carbocycles. The molecule has 3 aromatic carbocycles. The first kappa shape index (κ1) is 28.2. The molecule has 0 aliphatic rings. The minimum atomic E-state index is -3.75. The summed E-state index contributed by atoms with van der Waals surface area (Å²) >= 11 is 5.06. The van der Waals surface area contributed by atoms with Crippen molar-refractivity contribution in [3.05, 3.63) is 108 Å². The maximum atomic E-state index is 13.3. The highest BCUT2D eigenvalue weighted by Gasteiger charge is 2.38. The molecule has 0 unspecified atom stereocenters. The van der Waals surface area contributed by atoms with Crippen LogP contribution in [0.5, 0.6) is 0 Å². The van der Waals surface area contributed by atoms with Gasteiger partial charge in [0.05, 0.1) is 6.61 Å². The van der Waals surface area contributed by atoms with E-state index >= 15 is 0 Å². The monoisotopic (exact) mass is 546 g/mol. The molecule has 0 heterocycles. The molecule has 188 valence electrons. The SMILES string of the molecule is CC(C)(C)COS(=O)(=O)CC(SCc1ccccc1)(SCc1ccccc1)SCc1ccccc1. The Bertz CT molecular complexity index is 1010. The van der Waals surface area contributed by atoms with E-state index < -0.39 is 13.5 Å². The molecule has 0 saturated heterocycles. The largest absolute Gasteiger partial charge is 0.270 e. The third-order valence-electron chi connectivity index (χ3n) is 4.93. The smallest absolute Gasteiger partial charge is 0.269 e. The van der Waals surface area contributed by atoms with Crippen LogP contribution >= 0.6 is 35.3 Å². The minimum absolute atomic E-state index is 0.0669. The summed E-state index contributed by atoms with van der Waals surface area (Å²) in [7, 11) is -3.75. The van der Waals surface area contributed by atoms with E-state index in [-0.39, 0.29) is 17.8 Å². The van der Waals surface area contributed by atoms with Crippen LogP contribution in [0.25, 0.3) is 0 Å². The second kappa shape index (κ2) is 13.2. The summed E-state index contributed by atoms with van der Waals surface area (Å²) in [6.07, 6.45) is 0. The fourth-order valence-electron chi connectivity index (χ4n) is 3.08. The first-order chi connectivity index (χ1) is 16.6. The van der Waals surface area contributed by atoms with Crippen LogP contribution in [0, 0.1) is 5.41 Å². The van der Waals surface area contributed by atoms with Crippen molar-refractivity contribution in [3.63, 3.8) is 0 Å². The molecule has 0 atom stereocenters. The third kappa shape index (κ3) is 10.6. The van der Waals surface area contributed by atoms with E-state index in [2.05, 4.69) is 36.4 Å². The van der Waals surface area contributed by atoms with Gasteiger partial charge in [-0.15, -0.1) is 35.3 Å². The summed E-state index contributed by atoms with van der Waals surface area (Å²) < 4.78 is 31.4. The summed E-state index contributed by atoms with van der Waals surface area (Å²) in [5, 5.41) is 0. The van der Waals surface area contributed by atoms with Crippen molar-refractivity contribution in [3.8, 4) is 0 Å². The molecular formula is C28H34O3S4. The molecule has 0 N–H and O–H groups in total. The Balaban J connectivity index is 1.88. The van der Waals surface area contributed by atoms with E-state index in [1.54, 1.807) is 35.3 Å². The molecule has 35 heavy (non-hydrogen) atoms. The van der Waals surface area contributed by atoms with Gasteiger partial charge in [-0.1, -0.05) is 112 Å². The van der Waals surface area contributed by atoms with Crippen LogP contribution in [0.3, 0.4) is 0 Å². The lowest BCUT2D eigenvalue weighted by Crippen LogP contribution is -2.31. The summed E-state index contributed by atoms with van der Waals surface area (Å²) in [6.45, 7) is 6.11. The Morgan fingerprint density at radius 2 is 0.971 bits per heavy atom. The lowest BCUT2D eigenvalue weighted by Gasteiger charge is -2.32. The lowest BCUT2D eigenvalue weighted by atomic mass is 9.99. The normalized spacial score (nSPS) is 12.5. The Labute approximate surface area is 224 Å². The average molecular weight is 547 g/mol. The van der Waals surface area contributed by atoms with Gasteiger partial charge in [-0.25, -0.2) is 0 Å². The number of hydrogen-bond donors (Lipinski definition) is 0. The van der Waals surface area contributed by atoms with Gasteiger partial charge in [0.2, 0.25) is 0 Å². The van der Waals surface area contributed by atoms with Crippen molar-refractivity contribution >= 4 is 45.4 Å². The molecule has 0 bridgehead atoms. The first-order valence-electron chi connectivity index (χ1n) is 11.6. The standard InChI is InChI=1S/C28H34O3S4/c1-27(2,3)22-31-35(29,30)23-28(32-19-24-13-7-4-8-14-24,33-20-25-15-9-5-10-16-25)34-21-26-17-11-6-12-18-26/h4-18H,19-23H2,1-3H3. The van der Waals surface area contributed by atoms with Crippen LogP contribution in [0.15, 0.2) is 91.0 Å². The maximum Gasteiger partial charge on any atom is 0.270 e. The van der Waals surface area contributed by atoms with Crippen LogP contribution in [-0.2, 0) is 31.6 Å². The third-order valence-corrected chi connectivity index (χ3v) is 12.0. The van der Waals surface area contributed by atoms with Crippen molar-refractivity contribution < 1.29 is 12.6 Å². The molecule has 0 radical (unpaired) electrons. The van der Waals surface area contributed by atoms with E-state index in [0.717, 1.165) is 17.3 Å². The van der Waals surface area contributed by atoms with Gasteiger partial charge in [0.15, 0.2) is 0 Å². The van der Waals surface area contributed by atoms with Crippen LogP contribution in [0.4, 0.5) is 0 Å². The molecule has 0 amide bonds. The Kier molecular flexibility index (Phi) is 10.7. The fourth-order valence-corrected chi connectivity index (χ4v) is 10.2. The minimum Gasteiger partial charge on any atom is -0.269 e. The molecule has 0 aromatic heterocycles. The number of thioether (sulfide) groups is 3. The molecule has 0 fully saturated rings. The fraction of sp³-hybridized carbons (Fsp3) is 0.357. The molecule has 3 rings (SSSR count). The number of rotatable bonds is 13. The summed E-state index contributed by atoms with van der Waals surface area (Å²) in [6, 6.07) is 30.7. The summed E-state index contributed by atoms with van der Waals surface area (Å²) in [5.41, 5.74) is 3.29. The molecular weight excluding hydrogens is 513 g/mol. The summed E-state index contributed by atoms with van der Waals surface area (Å²) in [5.74, 6) is 2.10. The maximum absolute atomic E-state index is 13.3. The van der Waals surface area contributed by atoms with Crippen molar-refractivity contribution in [2.45, 2.75) is 41.4 Å². The molecule has 0 saturated carbocycles. The Morgan fingerprint density at radius 3 is 1.29 bits per heavy atom. The van der Waals surface area contributed by atoms with Gasteiger partial charge >= 0.3 is 0 Å². The second-order valence-corrected chi connectivity index (χ2v) is 15.8. The number of benzene rings is 3. The van der Waals surface area contributed by atoms with Gasteiger partial charge in [-0.2, -0.15) is 8.42 Å². The van der Waals surface area contributed by atoms with Crippen LogP contribution < -0.4 is 0 Å². The first-order valence-corrected chi connectivity index (χ1v) is 16.1. The van der Waals surface area contributed by atoms with Crippen molar-refractivity contribution in [1.29, 1.82) is 0 Å². The van der Waals surface area contributed by atoms with Gasteiger partial charge in [-0.3, -0.25) is 4.18 Å². The van der Waals surface area contributed by atoms with Gasteiger partial charge in [0, 0.05) is 17.3 Å². The van der Waals surface area contributed by atoms with E-state index in [4.69, 9.17) is 4.18 Å². The molecule has 0 aliphatic heterocycles. The molecule has 3 aromatic rings. The van der Waals surface area contributed by atoms with Gasteiger partial charge in [-0.05, 0) is 22.1 Å². The van der Waals surface area contributed by atoms with Crippen molar-refractivity contribution in [1.82, 2.24) is 0 Å². The van der Waals surface area contributed by atoms with E-state index in [1.807, 2.05) is 75.4 Å². The van der Waals surface area contributed by atoms with Crippen molar-refractivity contribution in [2.75, 3.05) is 12.4 Å². The van der Waals surface area contributed by atoms with Gasteiger partial charge in [0.1, 0.15) is 9.16 Å². The highest BCUT2D eigenvalue weighted by atomic mass is 32.3. The van der Waals surface area contributed by atoms with Crippen LogP contribution in [-0.4, -0.2) is 24.2 Å². The zero-order valence-corrected chi connectivity index (χ0v) is 23.8.